The van der Waals surface area contributed by atoms with Gasteiger partial charge in [0.05, 0.1) is 12.2 Å². The molecular formula is C14H22ClN3O3. The predicted molar refractivity (Wildman–Crippen MR) is 81.3 cm³/mol. The highest BCUT2D eigenvalue weighted by Gasteiger charge is 2.29. The van der Waals surface area contributed by atoms with Crippen LogP contribution in [0.1, 0.15) is 24.4 Å². The van der Waals surface area contributed by atoms with Gasteiger partial charge in [-0.25, -0.2) is 0 Å². The molecule has 2 unspecified atom stereocenters. The van der Waals surface area contributed by atoms with E-state index in [1.54, 1.807) is 21.9 Å². The molecule has 0 aliphatic carbocycles. The summed E-state index contributed by atoms with van der Waals surface area (Å²) in [5.41, 5.74) is 5.76. The highest BCUT2D eigenvalue weighted by molar-refractivity contribution is 5.91. The van der Waals surface area contributed by atoms with Gasteiger partial charge in [0.2, 0.25) is 5.91 Å². The SMILES string of the molecule is CC(N)C(C)C(=O)N1CCN(C(=O)c2ccco2)CC1.Cl. The average molecular weight is 316 g/mol. The van der Waals surface area contributed by atoms with E-state index in [9.17, 15) is 9.59 Å². The summed E-state index contributed by atoms with van der Waals surface area (Å²) >= 11 is 0. The second-order valence-electron chi connectivity index (χ2n) is 5.24. The van der Waals surface area contributed by atoms with Crippen molar-refractivity contribution in [3.63, 3.8) is 0 Å². The van der Waals surface area contributed by atoms with Crippen LogP contribution in [0.25, 0.3) is 0 Å². The van der Waals surface area contributed by atoms with Crippen molar-refractivity contribution < 1.29 is 14.0 Å². The van der Waals surface area contributed by atoms with Crippen LogP contribution < -0.4 is 5.73 Å². The van der Waals surface area contributed by atoms with Crippen LogP contribution in [-0.2, 0) is 4.79 Å². The number of furan rings is 1. The van der Waals surface area contributed by atoms with Crippen molar-refractivity contribution in [3.8, 4) is 0 Å². The first-order valence-electron chi connectivity index (χ1n) is 6.88. The van der Waals surface area contributed by atoms with E-state index in [2.05, 4.69) is 0 Å². The normalized spacial score (nSPS) is 17.9. The Morgan fingerprint density at radius 2 is 1.76 bits per heavy atom. The van der Waals surface area contributed by atoms with Crippen molar-refractivity contribution in [2.45, 2.75) is 19.9 Å². The van der Waals surface area contributed by atoms with E-state index in [0.717, 1.165) is 0 Å². The summed E-state index contributed by atoms with van der Waals surface area (Å²) in [7, 11) is 0. The van der Waals surface area contributed by atoms with Crippen molar-refractivity contribution in [1.82, 2.24) is 9.80 Å². The molecule has 0 spiro atoms. The molecule has 0 bridgehead atoms. The van der Waals surface area contributed by atoms with Crippen molar-refractivity contribution >= 4 is 24.2 Å². The van der Waals surface area contributed by atoms with Crippen molar-refractivity contribution in [2.75, 3.05) is 26.2 Å². The standard InChI is InChI=1S/C14H21N3O3.ClH/c1-10(11(2)15)13(18)16-5-7-17(8-6-16)14(19)12-4-3-9-20-12;/h3-4,9-11H,5-8,15H2,1-2H3;1H. The van der Waals surface area contributed by atoms with Crippen LogP contribution in [0.5, 0.6) is 0 Å². The molecule has 7 heteroatoms. The highest BCUT2D eigenvalue weighted by atomic mass is 35.5. The summed E-state index contributed by atoms with van der Waals surface area (Å²) in [4.78, 5) is 27.7. The zero-order valence-electron chi connectivity index (χ0n) is 12.3. The maximum absolute atomic E-state index is 12.2. The third-order valence-corrected chi connectivity index (χ3v) is 3.79. The second kappa shape index (κ2) is 7.47. The number of nitrogens with two attached hydrogens (primary N) is 1. The minimum atomic E-state index is -0.192. The van der Waals surface area contributed by atoms with Crippen molar-refractivity contribution in [3.05, 3.63) is 24.2 Å². The topological polar surface area (TPSA) is 79.8 Å². The van der Waals surface area contributed by atoms with Crippen molar-refractivity contribution in [1.29, 1.82) is 0 Å². The molecule has 2 amide bonds. The number of nitrogens with zero attached hydrogens (tertiary/aromatic N) is 2. The fourth-order valence-electron chi connectivity index (χ4n) is 2.20. The molecule has 1 saturated heterocycles. The van der Waals surface area contributed by atoms with Gasteiger partial charge in [-0.05, 0) is 19.1 Å². The third kappa shape index (κ3) is 3.98. The number of halogens is 1. The van der Waals surface area contributed by atoms with Crippen molar-refractivity contribution in [2.24, 2.45) is 11.7 Å². The maximum Gasteiger partial charge on any atom is 0.289 e. The van der Waals surface area contributed by atoms with Gasteiger partial charge in [-0.15, -0.1) is 12.4 Å². The summed E-state index contributed by atoms with van der Waals surface area (Å²) in [5, 5.41) is 0. The van der Waals surface area contributed by atoms with Crippen LogP contribution in [0, 0.1) is 5.92 Å². The Kier molecular flexibility index (Phi) is 6.23. The lowest BCUT2D eigenvalue weighted by Gasteiger charge is -2.36. The van der Waals surface area contributed by atoms with Crippen LogP contribution in [0.15, 0.2) is 22.8 Å². The molecule has 0 radical (unpaired) electrons. The fourth-order valence-corrected chi connectivity index (χ4v) is 2.20. The maximum atomic E-state index is 12.2. The molecule has 2 rings (SSSR count). The monoisotopic (exact) mass is 315 g/mol. The largest absolute Gasteiger partial charge is 0.459 e. The number of hydrogen-bond acceptors (Lipinski definition) is 4. The lowest BCUT2D eigenvalue weighted by atomic mass is 10.0. The molecule has 0 saturated carbocycles. The smallest absolute Gasteiger partial charge is 0.289 e. The minimum absolute atomic E-state index is 0. The van der Waals surface area contributed by atoms with Gasteiger partial charge >= 0.3 is 0 Å². The number of carbonyl (C=O) groups is 2. The third-order valence-electron chi connectivity index (χ3n) is 3.79. The number of rotatable bonds is 3. The van der Waals surface area contributed by atoms with E-state index in [1.807, 2.05) is 13.8 Å². The molecular weight excluding hydrogens is 294 g/mol. The zero-order valence-corrected chi connectivity index (χ0v) is 13.1. The van der Waals surface area contributed by atoms with E-state index in [-0.39, 0.29) is 36.2 Å². The Morgan fingerprint density at radius 1 is 1.19 bits per heavy atom. The molecule has 1 fully saturated rings. The van der Waals surface area contributed by atoms with E-state index in [1.165, 1.54) is 6.26 Å². The molecule has 2 heterocycles. The van der Waals surface area contributed by atoms with Crippen LogP contribution in [-0.4, -0.2) is 53.8 Å². The van der Waals surface area contributed by atoms with Crippen LogP contribution >= 0.6 is 12.4 Å². The summed E-state index contributed by atoms with van der Waals surface area (Å²) in [5.74, 6) is 0.0866. The molecule has 1 aromatic rings. The summed E-state index contributed by atoms with van der Waals surface area (Å²) in [6.07, 6.45) is 1.48. The number of amides is 2. The Morgan fingerprint density at radius 3 is 2.24 bits per heavy atom. The summed E-state index contributed by atoms with van der Waals surface area (Å²) < 4.78 is 5.10. The van der Waals surface area contributed by atoms with E-state index in [4.69, 9.17) is 10.2 Å². The van der Waals surface area contributed by atoms with Gasteiger partial charge < -0.3 is 20.0 Å². The van der Waals surface area contributed by atoms with Gasteiger partial charge in [-0.3, -0.25) is 9.59 Å². The number of hydrogen-bond donors (Lipinski definition) is 1. The Hall–Kier alpha value is -1.53. The van der Waals surface area contributed by atoms with Crippen LogP contribution in [0.2, 0.25) is 0 Å². The molecule has 6 nitrogen and oxygen atoms in total. The fraction of sp³-hybridized carbons (Fsp3) is 0.571. The van der Waals surface area contributed by atoms with Gasteiger partial charge in [0, 0.05) is 32.2 Å². The van der Waals surface area contributed by atoms with Gasteiger partial charge in [0.15, 0.2) is 5.76 Å². The Balaban J connectivity index is 0.00000220. The molecule has 1 aliphatic rings. The molecule has 0 aromatic carbocycles. The van der Waals surface area contributed by atoms with Gasteiger partial charge in [0.25, 0.3) is 5.91 Å². The predicted octanol–water partition coefficient (Wildman–Crippen LogP) is 0.969. The highest BCUT2D eigenvalue weighted by Crippen LogP contribution is 2.12. The lowest BCUT2D eigenvalue weighted by Crippen LogP contribution is -2.53. The zero-order chi connectivity index (χ0) is 14.7. The van der Waals surface area contributed by atoms with E-state index >= 15 is 0 Å². The van der Waals surface area contributed by atoms with Gasteiger partial charge in [-0.2, -0.15) is 0 Å². The Labute approximate surface area is 130 Å². The van der Waals surface area contributed by atoms with Crippen LogP contribution in [0.3, 0.4) is 0 Å². The quantitative estimate of drug-likeness (QED) is 0.901. The first-order chi connectivity index (χ1) is 9.50. The molecule has 2 atom stereocenters. The summed E-state index contributed by atoms with van der Waals surface area (Å²) in [6.45, 7) is 5.81. The van der Waals surface area contributed by atoms with Gasteiger partial charge in [-0.1, -0.05) is 6.92 Å². The van der Waals surface area contributed by atoms with E-state index < -0.39 is 0 Å². The summed E-state index contributed by atoms with van der Waals surface area (Å²) in [6, 6.07) is 3.18. The molecule has 1 aliphatic heterocycles. The number of piperazine rings is 1. The average Bonchev–Trinajstić information content (AvgIpc) is 2.99. The number of carbonyl (C=O) groups excluding carboxylic acids is 2. The minimum Gasteiger partial charge on any atom is -0.459 e. The first kappa shape index (κ1) is 17.5. The molecule has 21 heavy (non-hydrogen) atoms. The first-order valence-corrected chi connectivity index (χ1v) is 6.88. The Bertz CT molecular complexity index is 468. The van der Waals surface area contributed by atoms with E-state index in [0.29, 0.717) is 31.9 Å². The van der Waals surface area contributed by atoms with Crippen LogP contribution in [0.4, 0.5) is 0 Å². The van der Waals surface area contributed by atoms with Gasteiger partial charge in [0.1, 0.15) is 0 Å². The second-order valence-corrected chi connectivity index (χ2v) is 5.24. The molecule has 1 aromatic heterocycles. The molecule has 118 valence electrons. The lowest BCUT2D eigenvalue weighted by molar-refractivity contribution is -0.137. The molecule has 2 N–H and O–H groups in total.